The minimum absolute atomic E-state index is 0.000394. The lowest BCUT2D eigenvalue weighted by Gasteiger charge is -2.24. The molecule has 0 N–H and O–H groups in total. The van der Waals surface area contributed by atoms with Crippen LogP contribution in [0, 0.1) is 0 Å². The molecule has 1 aromatic carbocycles. The van der Waals surface area contributed by atoms with Gasteiger partial charge in [0.1, 0.15) is 5.56 Å². The number of nitrogens with zero attached hydrogens (tertiary/aromatic N) is 1. The Balaban J connectivity index is 2.76. The molecule has 110 valence electrons. The fraction of sp³-hybridized carbons (Fsp3) is 0.417. The molecule has 1 aliphatic heterocycles. The number of hydrogen-bond donors (Lipinski definition) is 0. The van der Waals surface area contributed by atoms with E-state index < -0.39 is 33.2 Å². The van der Waals surface area contributed by atoms with Crippen LogP contribution in [0.2, 0.25) is 0 Å². The van der Waals surface area contributed by atoms with E-state index in [2.05, 4.69) is 8.58 Å². The third kappa shape index (κ3) is 2.79. The number of fused-ring (bicyclic) bond motifs is 1. The van der Waals surface area contributed by atoms with Crippen molar-refractivity contribution in [2.75, 3.05) is 0 Å². The van der Waals surface area contributed by atoms with Crippen molar-refractivity contribution in [1.29, 1.82) is 0 Å². The molecule has 0 radical (unpaired) electrons. The maximum absolute atomic E-state index is 13.1. The summed E-state index contributed by atoms with van der Waals surface area (Å²) in [5.74, 6) is -0.722. The molecule has 0 atom stereocenters. The van der Waals surface area contributed by atoms with Gasteiger partial charge in [0.25, 0.3) is 0 Å². The van der Waals surface area contributed by atoms with Crippen molar-refractivity contribution in [3.05, 3.63) is 28.8 Å². The van der Waals surface area contributed by atoms with Gasteiger partial charge < -0.3 is 4.18 Å². The van der Waals surface area contributed by atoms with E-state index in [1.165, 1.54) is 6.07 Å². The van der Waals surface area contributed by atoms with Crippen LogP contribution in [0.3, 0.4) is 0 Å². The van der Waals surface area contributed by atoms with Crippen molar-refractivity contribution in [2.24, 2.45) is 4.40 Å². The highest BCUT2D eigenvalue weighted by Crippen LogP contribution is 2.42. The van der Waals surface area contributed by atoms with Crippen LogP contribution in [0.4, 0.5) is 13.2 Å². The fourth-order valence-electron chi connectivity index (χ4n) is 1.73. The van der Waals surface area contributed by atoms with E-state index in [1.807, 2.05) is 0 Å². The van der Waals surface area contributed by atoms with E-state index in [0.29, 0.717) is 5.56 Å². The molecule has 8 heteroatoms. The minimum Gasteiger partial charge on any atom is -0.364 e. The summed E-state index contributed by atoms with van der Waals surface area (Å²) in [6.45, 7) is 5.27. The maximum Gasteiger partial charge on any atom is 0.428 e. The van der Waals surface area contributed by atoms with E-state index in [-0.39, 0.29) is 5.56 Å². The number of rotatable bonds is 0. The lowest BCUT2D eigenvalue weighted by molar-refractivity contribution is -0.138. The highest BCUT2D eigenvalue weighted by atomic mass is 32.2. The van der Waals surface area contributed by atoms with E-state index in [9.17, 15) is 21.6 Å². The van der Waals surface area contributed by atoms with Gasteiger partial charge in [0, 0.05) is 5.56 Å². The summed E-state index contributed by atoms with van der Waals surface area (Å²) in [7, 11) is -4.36. The van der Waals surface area contributed by atoms with Crippen LogP contribution >= 0.6 is 0 Å². The molecular weight excluding hydrogens is 295 g/mol. The third-order valence-corrected chi connectivity index (χ3v) is 3.54. The van der Waals surface area contributed by atoms with Gasteiger partial charge in [-0.25, -0.2) is 0 Å². The Morgan fingerprint density at radius 3 is 2.25 bits per heavy atom. The summed E-state index contributed by atoms with van der Waals surface area (Å²) >= 11 is 0. The van der Waals surface area contributed by atoms with Crippen molar-refractivity contribution in [1.82, 2.24) is 0 Å². The monoisotopic (exact) mass is 307 g/mol. The molecule has 20 heavy (non-hydrogen) atoms. The van der Waals surface area contributed by atoms with Gasteiger partial charge in [-0.3, -0.25) is 0 Å². The standard InChI is InChI=1S/C12H12F3NO3S/c1-11(2,3)8-4-7-6-16-20(17,18)19-10(7)9(5-8)12(13,14)15/h4-6H,1-3H3. The summed E-state index contributed by atoms with van der Waals surface area (Å²) in [5, 5.41) is 0. The van der Waals surface area contributed by atoms with Crippen LogP contribution < -0.4 is 4.18 Å². The molecule has 0 amide bonds. The lowest BCUT2D eigenvalue weighted by Crippen LogP contribution is -2.20. The first-order valence-corrected chi connectivity index (χ1v) is 7.02. The highest BCUT2D eigenvalue weighted by Gasteiger charge is 2.39. The maximum atomic E-state index is 13.1. The van der Waals surface area contributed by atoms with E-state index in [4.69, 9.17) is 0 Å². The zero-order valence-electron chi connectivity index (χ0n) is 10.9. The Bertz CT molecular complexity index is 685. The summed E-state index contributed by atoms with van der Waals surface area (Å²) in [6.07, 6.45) is -3.84. The summed E-state index contributed by atoms with van der Waals surface area (Å²) in [6, 6.07) is 2.36. The van der Waals surface area contributed by atoms with Crippen LogP contribution in [0.15, 0.2) is 16.5 Å². The van der Waals surface area contributed by atoms with Crippen LogP contribution in [-0.2, 0) is 21.9 Å². The first kappa shape index (κ1) is 14.8. The largest absolute Gasteiger partial charge is 0.428 e. The Morgan fingerprint density at radius 1 is 1.15 bits per heavy atom. The number of hydrogen-bond acceptors (Lipinski definition) is 3. The zero-order valence-corrected chi connectivity index (χ0v) is 11.8. The molecule has 0 aliphatic carbocycles. The Morgan fingerprint density at radius 2 is 1.75 bits per heavy atom. The number of alkyl halides is 3. The molecule has 0 unspecified atom stereocenters. The Hall–Kier alpha value is -1.57. The van der Waals surface area contributed by atoms with Gasteiger partial charge >= 0.3 is 16.5 Å². The molecule has 1 aliphatic rings. The molecule has 0 bridgehead atoms. The molecule has 0 saturated carbocycles. The van der Waals surface area contributed by atoms with Gasteiger partial charge in [0.15, 0.2) is 5.75 Å². The van der Waals surface area contributed by atoms with Gasteiger partial charge in [-0.1, -0.05) is 20.8 Å². The van der Waals surface area contributed by atoms with Crippen molar-refractivity contribution < 1.29 is 25.8 Å². The second kappa shape index (κ2) is 4.21. The fourth-order valence-corrected chi connectivity index (χ4v) is 2.41. The smallest absolute Gasteiger partial charge is 0.364 e. The van der Waals surface area contributed by atoms with Gasteiger partial charge in [-0.05, 0) is 23.1 Å². The van der Waals surface area contributed by atoms with E-state index in [0.717, 1.165) is 12.3 Å². The summed E-state index contributed by atoms with van der Waals surface area (Å²) in [5.41, 5.74) is -1.23. The summed E-state index contributed by atoms with van der Waals surface area (Å²) in [4.78, 5) is 0. The lowest BCUT2D eigenvalue weighted by atomic mass is 9.84. The van der Waals surface area contributed by atoms with Crippen LogP contribution in [-0.4, -0.2) is 14.6 Å². The predicted molar refractivity (Wildman–Crippen MR) is 67.3 cm³/mol. The molecular formula is C12H12F3NO3S. The molecule has 0 fully saturated rings. The average Bonchev–Trinajstić information content (AvgIpc) is 2.23. The zero-order chi connectivity index (χ0) is 15.3. The molecule has 0 aromatic heterocycles. The van der Waals surface area contributed by atoms with Crippen molar-refractivity contribution in [3.8, 4) is 5.75 Å². The van der Waals surface area contributed by atoms with Crippen molar-refractivity contribution in [3.63, 3.8) is 0 Å². The Kier molecular flexibility index (Phi) is 3.12. The van der Waals surface area contributed by atoms with Crippen LogP contribution in [0.1, 0.15) is 37.5 Å². The second-order valence-corrected chi connectivity index (χ2v) is 6.67. The van der Waals surface area contributed by atoms with Gasteiger partial charge in [-0.2, -0.15) is 21.6 Å². The van der Waals surface area contributed by atoms with E-state index in [1.54, 1.807) is 20.8 Å². The van der Waals surface area contributed by atoms with Crippen LogP contribution in [0.5, 0.6) is 5.75 Å². The van der Waals surface area contributed by atoms with Crippen LogP contribution in [0.25, 0.3) is 0 Å². The van der Waals surface area contributed by atoms with Gasteiger partial charge in [0.05, 0.1) is 6.21 Å². The topological polar surface area (TPSA) is 55.7 Å². The first-order chi connectivity index (χ1) is 8.90. The second-order valence-electron chi connectivity index (χ2n) is 5.44. The molecule has 0 saturated heterocycles. The van der Waals surface area contributed by atoms with Gasteiger partial charge in [0.2, 0.25) is 0 Å². The van der Waals surface area contributed by atoms with Crippen molar-refractivity contribution >= 4 is 16.5 Å². The first-order valence-electron chi connectivity index (χ1n) is 5.66. The molecule has 1 heterocycles. The number of benzene rings is 1. The van der Waals surface area contributed by atoms with Gasteiger partial charge in [-0.15, -0.1) is 4.40 Å². The quantitative estimate of drug-likeness (QED) is 0.740. The SMILES string of the molecule is CC(C)(C)c1cc2c(c(C(F)(F)F)c1)OS(=O)(=O)N=C2. The highest BCUT2D eigenvalue weighted by molar-refractivity contribution is 7.86. The number of halogens is 3. The predicted octanol–water partition coefficient (Wildman–Crippen LogP) is 3.06. The minimum atomic E-state index is -4.72. The molecule has 0 spiro atoms. The average molecular weight is 307 g/mol. The normalized spacial score (nSPS) is 17.5. The van der Waals surface area contributed by atoms with Crippen molar-refractivity contribution in [2.45, 2.75) is 32.4 Å². The van der Waals surface area contributed by atoms with E-state index >= 15 is 0 Å². The molecule has 1 aromatic rings. The third-order valence-electron chi connectivity index (χ3n) is 2.80. The molecule has 4 nitrogen and oxygen atoms in total. The summed E-state index contributed by atoms with van der Waals surface area (Å²) < 4.78 is 69.1. The Labute approximate surface area is 114 Å². The molecule has 2 rings (SSSR count).